The van der Waals surface area contributed by atoms with E-state index in [-0.39, 0.29) is 114 Å². The molecule has 4 rings (SSSR count). The molecule has 0 aliphatic carbocycles. The number of carboxylic acid groups (broad SMARTS) is 1. The summed E-state index contributed by atoms with van der Waals surface area (Å²) < 4.78 is 51.1. The molecule has 0 aliphatic rings. The van der Waals surface area contributed by atoms with Gasteiger partial charge in [0.15, 0.2) is 5.69 Å². The van der Waals surface area contributed by atoms with Crippen LogP contribution in [0.2, 0.25) is 0 Å². The van der Waals surface area contributed by atoms with Gasteiger partial charge in [0.05, 0.1) is 34.6 Å². The Morgan fingerprint density at radius 3 is 1.37 bits per heavy atom. The Bertz CT molecular complexity index is 3020. The van der Waals surface area contributed by atoms with Crippen molar-refractivity contribution in [3.05, 3.63) is 124 Å². The second-order valence-electron chi connectivity index (χ2n) is 23.6. The molecule has 12 atom stereocenters. The Morgan fingerprint density at radius 2 is 1.03 bits per heavy atom. The van der Waals surface area contributed by atoms with E-state index in [9.17, 15) is 52.2 Å². The highest BCUT2D eigenvalue weighted by Crippen LogP contribution is 2.32. The number of nitrogens with one attached hydrogen (secondary N) is 1. The maximum absolute atomic E-state index is 13.6. The highest BCUT2D eigenvalue weighted by Gasteiger charge is 2.37. The predicted octanol–water partition coefficient (Wildman–Crippen LogP) is 13.4. The topological polar surface area (TPSA) is 349 Å². The molecule has 0 bridgehead atoms. The number of aromatic nitrogens is 2. The zero-order valence-corrected chi connectivity index (χ0v) is 59.0. The molecule has 3 unspecified atom stereocenters. The fraction of sp³-hybridized carbons (Fsp3) is 0.631. The van der Waals surface area contributed by atoms with E-state index in [2.05, 4.69) is 40.1 Å². The molecule has 6 N–H and O–H groups in total. The third kappa shape index (κ3) is 29.4. The summed E-state index contributed by atoms with van der Waals surface area (Å²) in [4.78, 5) is 92.1. The fourth-order valence-electron chi connectivity index (χ4n) is 10.2. The Morgan fingerprint density at radius 1 is 0.660 bits per heavy atom. The van der Waals surface area contributed by atoms with Gasteiger partial charge in [0, 0.05) is 70.7 Å². The number of hydrogen-bond donors (Lipinski definition) is 5. The number of methoxy groups -OCH3 is 2. The van der Waals surface area contributed by atoms with Crippen LogP contribution in [0.4, 0.5) is 13.2 Å². The van der Waals surface area contributed by atoms with Gasteiger partial charge in [-0.05, 0) is 109 Å². The number of ether oxygens (including phenoxy) is 2. The summed E-state index contributed by atoms with van der Waals surface area (Å²) in [6, 6.07) is 9.25. The second-order valence-corrected chi connectivity index (χ2v) is 25.4. The van der Waals surface area contributed by atoms with Crippen molar-refractivity contribution in [2.45, 2.75) is 196 Å². The monoisotopic (exact) mass is 1380 g/mol. The van der Waals surface area contributed by atoms with E-state index in [0.29, 0.717) is 68.1 Å². The summed E-state index contributed by atoms with van der Waals surface area (Å²) in [7, 11) is 1.67. The predicted molar refractivity (Wildman–Crippen MR) is 362 cm³/mol. The molecule has 2 aromatic heterocycles. The number of aromatic carboxylic acids is 1. The molecule has 2 aromatic carbocycles. The molecular formula is C65H100ClF3N12O11S2. The number of aliphatic hydroxyl groups excluding tert-OH is 2. The van der Waals surface area contributed by atoms with Crippen molar-refractivity contribution >= 4 is 70.7 Å². The Kier molecular flexibility index (Phi) is 41.9. The molecule has 0 saturated carbocycles. The summed E-state index contributed by atoms with van der Waals surface area (Å²) in [5.41, 5.74) is 25.7. The van der Waals surface area contributed by atoms with Gasteiger partial charge in [-0.15, -0.1) is 35.1 Å². The van der Waals surface area contributed by atoms with Crippen molar-refractivity contribution in [2.75, 3.05) is 34.5 Å². The molecule has 29 heteroatoms. The van der Waals surface area contributed by atoms with Crippen molar-refractivity contribution in [3.8, 4) is 0 Å². The van der Waals surface area contributed by atoms with Gasteiger partial charge in [0.25, 0.3) is 5.91 Å². The molecule has 0 radical (unpaired) electrons. The lowest BCUT2D eigenvalue weighted by Crippen LogP contribution is -2.49. The van der Waals surface area contributed by atoms with Gasteiger partial charge < -0.3 is 45.6 Å². The number of benzene rings is 2. The first-order valence-electron chi connectivity index (χ1n) is 31.9. The molecule has 23 nitrogen and oxygen atoms in total. The third-order valence-corrected chi connectivity index (χ3v) is 17.6. The first-order chi connectivity index (χ1) is 44.5. The number of carbonyl (C=O) groups is 6. The lowest BCUT2D eigenvalue weighted by Gasteiger charge is -2.37. The molecule has 526 valence electrons. The van der Waals surface area contributed by atoms with Crippen LogP contribution in [-0.4, -0.2) is 141 Å². The van der Waals surface area contributed by atoms with Gasteiger partial charge in [0.1, 0.15) is 51.6 Å². The fourth-order valence-corrected chi connectivity index (χ4v) is 11.8. The Hall–Kier alpha value is -6.90. The summed E-state index contributed by atoms with van der Waals surface area (Å²) in [6.07, 6.45) is 2.97. The van der Waals surface area contributed by atoms with Crippen LogP contribution in [0, 0.1) is 47.1 Å². The number of alkyl halides is 1. The van der Waals surface area contributed by atoms with Crippen LogP contribution in [0.25, 0.3) is 20.9 Å². The maximum atomic E-state index is 13.6. The van der Waals surface area contributed by atoms with Gasteiger partial charge in [-0.25, -0.2) is 23.5 Å². The van der Waals surface area contributed by atoms with E-state index in [1.54, 1.807) is 53.3 Å². The number of amides is 3. The average Bonchev–Trinajstić information content (AvgIpc) is 1.78. The highest BCUT2D eigenvalue weighted by molar-refractivity contribution is 7.10. The van der Waals surface area contributed by atoms with Crippen LogP contribution in [0.5, 0.6) is 0 Å². The molecule has 94 heavy (non-hydrogen) atoms. The first kappa shape index (κ1) is 85.1. The SMILES string of the molecule is CCCN(C(=O)[C@@H](N=[N+]=[N-])C(C)CC)C(C[C@@H](O)c1nc(C(=O)N[C@@H](Cc2ccc(F)cc2)C[C@H](C)C(=O)OC)cs1)C(C)C.CCCN(C(=O)[C@@H](N=[N+]=[N-])C(C)CC)[C@H](C[C@@H](O)c1nc(C(=O)O)cs1)C(C)C.COC(=O)[C@@H](C)C[C@@H](N)Cc1ccc(F)cc1.Cl.[2H]CF. The van der Waals surface area contributed by atoms with Crippen molar-refractivity contribution in [3.63, 3.8) is 0 Å². The molecule has 2 heterocycles. The minimum atomic E-state index is -1.14. The third-order valence-electron chi connectivity index (χ3n) is 15.7. The molecule has 0 fully saturated rings. The standard InChI is InChI=1S/C32H47FN6O5S.C19H31N5O4S.C13H18FNO2.CH3F.ClH/c1-8-14-39(31(42)28(37-38-34)20(5)9-2)26(19(3)4)17-27(40)30-36-25(18-45-30)29(41)35-24(15-21(6)32(43)44-7)16-22-10-12-23(33)13-11-22;1-6-8-24(18(26)16(22-23-20)12(5)7-2)14(11(3)4)9-15(25)17-21-13(10-29-17)19(27)28;1-9(13(16)17-2)7-12(15)8-10-3-5-11(14)6-4-10;1-2;/h10-13,18-21,24,26-28,40H,8-9,14-17H2,1-7H3,(H,35,41);10-12,14-16,25H,6-9H2,1-5H3,(H,27,28);3-6,9,12H,7-8,15H2,1-2H3;1H3;1H/t20?,21-,24+,26?,27+,28-;12?,14-,15-,16+;9-,12+;;/m010../s1/i;;;1D;. The molecule has 0 aliphatic heterocycles. The number of nitrogens with two attached hydrogens (primary N) is 1. The zero-order chi connectivity index (χ0) is 71.4. The van der Waals surface area contributed by atoms with Crippen LogP contribution < -0.4 is 11.1 Å². The Balaban J connectivity index is 0.00000150. The number of thiazole rings is 2. The molecule has 0 saturated heterocycles. The summed E-state index contributed by atoms with van der Waals surface area (Å²) in [6.45, 7) is 23.8. The van der Waals surface area contributed by atoms with Crippen molar-refractivity contribution < 1.29 is 68.1 Å². The number of halogens is 4. The van der Waals surface area contributed by atoms with E-state index in [1.807, 2.05) is 69.2 Å². The maximum Gasteiger partial charge on any atom is 0.355 e. The number of esters is 2. The number of rotatable bonds is 35. The molecular weight excluding hydrogens is 1280 g/mol. The largest absolute Gasteiger partial charge is 0.476 e. The number of hydrogen-bond acceptors (Lipinski definition) is 17. The van der Waals surface area contributed by atoms with Crippen LogP contribution in [0.1, 0.15) is 190 Å². The quantitative estimate of drug-likeness (QED) is 0.0124. The van der Waals surface area contributed by atoms with E-state index in [1.165, 1.54) is 43.9 Å². The Labute approximate surface area is 567 Å². The number of carbonyl (C=O) groups excluding carboxylic acids is 5. The minimum absolute atomic E-state index is 0. The number of nitrogens with zero attached hydrogens (tertiary/aromatic N) is 10. The van der Waals surface area contributed by atoms with E-state index in [0.717, 1.165) is 40.2 Å². The summed E-state index contributed by atoms with van der Waals surface area (Å²) in [5, 5.41) is 45.1. The second kappa shape index (κ2) is 46.3. The van der Waals surface area contributed by atoms with Crippen LogP contribution >= 0.6 is 35.1 Å². The zero-order valence-electron chi connectivity index (χ0n) is 57.6. The van der Waals surface area contributed by atoms with Crippen molar-refractivity contribution in [1.82, 2.24) is 25.1 Å². The van der Waals surface area contributed by atoms with Gasteiger partial charge in [-0.2, -0.15) is 0 Å². The van der Waals surface area contributed by atoms with Gasteiger partial charge in [0.2, 0.25) is 11.8 Å². The highest BCUT2D eigenvalue weighted by atomic mass is 35.5. The molecule has 3 amide bonds. The average molecular weight is 1380 g/mol. The van der Waals surface area contributed by atoms with Gasteiger partial charge >= 0.3 is 17.9 Å². The van der Waals surface area contributed by atoms with Gasteiger partial charge in [-0.3, -0.25) is 28.4 Å². The van der Waals surface area contributed by atoms with Crippen molar-refractivity contribution in [2.24, 2.45) is 51.5 Å². The lowest BCUT2D eigenvalue weighted by molar-refractivity contribution is -0.146. The summed E-state index contributed by atoms with van der Waals surface area (Å²) >= 11 is 2.23. The minimum Gasteiger partial charge on any atom is -0.476 e. The summed E-state index contributed by atoms with van der Waals surface area (Å²) in [5.74, 6) is -4.35. The number of aliphatic hydroxyl groups is 2. The van der Waals surface area contributed by atoms with Crippen LogP contribution in [0.3, 0.4) is 0 Å². The van der Waals surface area contributed by atoms with Crippen molar-refractivity contribution in [1.29, 1.82) is 0 Å². The van der Waals surface area contributed by atoms with Crippen LogP contribution in [-0.2, 0) is 41.5 Å². The van der Waals surface area contributed by atoms with E-state index < -0.39 is 61.3 Å². The normalized spacial score (nSPS) is 14.8. The molecule has 4 aromatic rings. The first-order valence-corrected chi connectivity index (χ1v) is 33.0. The molecule has 0 spiro atoms. The number of azide groups is 2. The number of carboxylic acids is 1. The van der Waals surface area contributed by atoms with E-state index in [4.69, 9.17) is 28.0 Å². The lowest BCUT2D eigenvalue weighted by atomic mass is 9.92. The van der Waals surface area contributed by atoms with Crippen LogP contribution in [0.15, 0.2) is 69.5 Å². The van der Waals surface area contributed by atoms with E-state index >= 15 is 0 Å². The smallest absolute Gasteiger partial charge is 0.355 e. The van der Waals surface area contributed by atoms with Gasteiger partial charge in [-0.1, -0.05) is 130 Å².